The molecule has 0 radical (unpaired) electrons. The molecule has 15 heavy (non-hydrogen) atoms. The van der Waals surface area contributed by atoms with Gasteiger partial charge in [0, 0.05) is 0 Å². The molecule has 0 nitrogen and oxygen atoms in total. The maximum Gasteiger partial charge on any atom is -0.0125 e. The Morgan fingerprint density at radius 3 is 2.60 bits per heavy atom. The maximum absolute atomic E-state index is 2.35. The molecule has 0 spiro atoms. The van der Waals surface area contributed by atoms with Gasteiger partial charge < -0.3 is 0 Å². The molecule has 0 N–H and O–H groups in total. The molecule has 1 saturated carbocycles. The van der Waals surface area contributed by atoms with Gasteiger partial charge in [-0.15, -0.1) is 0 Å². The topological polar surface area (TPSA) is 0 Å². The van der Waals surface area contributed by atoms with E-state index in [0.29, 0.717) is 5.92 Å². The lowest BCUT2D eigenvalue weighted by atomic mass is 9.87. The third kappa shape index (κ3) is 1.51. The van der Waals surface area contributed by atoms with Crippen LogP contribution in [0.5, 0.6) is 0 Å². The van der Waals surface area contributed by atoms with Crippen LogP contribution >= 0.6 is 0 Å². The van der Waals surface area contributed by atoms with E-state index in [9.17, 15) is 0 Å². The van der Waals surface area contributed by atoms with Gasteiger partial charge in [-0.1, -0.05) is 32.0 Å². The largest absolute Gasteiger partial charge is 0.0617 e. The Hall–Kier alpha value is -0.780. The van der Waals surface area contributed by atoms with E-state index in [4.69, 9.17) is 0 Å². The summed E-state index contributed by atoms with van der Waals surface area (Å²) in [5, 5.41) is 0. The fourth-order valence-electron chi connectivity index (χ4n) is 3.23. The Labute approximate surface area is 92.7 Å². The minimum atomic E-state index is 0.694. The van der Waals surface area contributed by atoms with Gasteiger partial charge in [0.1, 0.15) is 0 Å². The van der Waals surface area contributed by atoms with E-state index in [2.05, 4.69) is 32.0 Å². The van der Waals surface area contributed by atoms with Gasteiger partial charge in [0.2, 0.25) is 0 Å². The SMILES string of the molecule is CC(C)c1cccc2c1C(C1CC1)CC2. The molecule has 1 atom stereocenters. The first-order valence-electron chi connectivity index (χ1n) is 6.39. The van der Waals surface area contributed by atoms with Crippen molar-refractivity contribution < 1.29 is 0 Å². The minimum absolute atomic E-state index is 0.694. The van der Waals surface area contributed by atoms with Crippen molar-refractivity contribution in [3.05, 3.63) is 34.9 Å². The zero-order valence-corrected chi connectivity index (χ0v) is 9.79. The van der Waals surface area contributed by atoms with Crippen molar-refractivity contribution in [1.82, 2.24) is 0 Å². The Morgan fingerprint density at radius 1 is 1.13 bits per heavy atom. The smallest absolute Gasteiger partial charge is 0.0125 e. The van der Waals surface area contributed by atoms with Gasteiger partial charge in [-0.2, -0.15) is 0 Å². The van der Waals surface area contributed by atoms with Crippen molar-refractivity contribution in [3.63, 3.8) is 0 Å². The molecule has 1 unspecified atom stereocenters. The zero-order chi connectivity index (χ0) is 10.4. The molecule has 2 aliphatic rings. The van der Waals surface area contributed by atoms with Crippen molar-refractivity contribution in [1.29, 1.82) is 0 Å². The lowest BCUT2D eigenvalue weighted by Crippen LogP contribution is -2.02. The van der Waals surface area contributed by atoms with E-state index in [1.165, 1.54) is 25.7 Å². The molecule has 0 amide bonds. The summed E-state index contributed by atoms with van der Waals surface area (Å²) in [5.41, 5.74) is 5.02. The van der Waals surface area contributed by atoms with Gasteiger partial charge in [-0.05, 0) is 60.1 Å². The van der Waals surface area contributed by atoms with E-state index in [1.807, 2.05) is 0 Å². The summed E-state index contributed by atoms with van der Waals surface area (Å²) in [6.45, 7) is 4.66. The van der Waals surface area contributed by atoms with Crippen LogP contribution in [-0.4, -0.2) is 0 Å². The van der Waals surface area contributed by atoms with Crippen LogP contribution < -0.4 is 0 Å². The van der Waals surface area contributed by atoms with Crippen LogP contribution in [0.1, 0.15) is 61.6 Å². The highest BCUT2D eigenvalue weighted by atomic mass is 14.4. The second-order valence-corrected chi connectivity index (χ2v) is 5.56. The van der Waals surface area contributed by atoms with E-state index in [1.54, 1.807) is 16.7 Å². The van der Waals surface area contributed by atoms with E-state index >= 15 is 0 Å². The summed E-state index contributed by atoms with van der Waals surface area (Å²) in [6.07, 6.45) is 5.72. The number of hydrogen-bond donors (Lipinski definition) is 0. The van der Waals surface area contributed by atoms with Crippen molar-refractivity contribution >= 4 is 0 Å². The predicted molar refractivity (Wildman–Crippen MR) is 64.3 cm³/mol. The Kier molecular flexibility index (Phi) is 2.12. The lowest BCUT2D eigenvalue weighted by molar-refractivity contribution is 0.593. The molecular weight excluding hydrogens is 180 g/mol. The van der Waals surface area contributed by atoms with E-state index < -0.39 is 0 Å². The standard InChI is InChI=1S/C15H20/c1-10(2)13-5-3-4-12-8-9-14(15(12)13)11-6-7-11/h3-5,10-11,14H,6-9H2,1-2H3. The molecule has 1 aromatic rings. The van der Waals surface area contributed by atoms with Gasteiger partial charge in [0.15, 0.2) is 0 Å². The van der Waals surface area contributed by atoms with Crippen LogP contribution in [0.4, 0.5) is 0 Å². The molecular formula is C15H20. The Morgan fingerprint density at radius 2 is 1.93 bits per heavy atom. The number of aryl methyl sites for hydroxylation is 1. The Balaban J connectivity index is 2.06. The van der Waals surface area contributed by atoms with Crippen LogP contribution in [0.15, 0.2) is 18.2 Å². The molecule has 0 aliphatic heterocycles. The highest BCUT2D eigenvalue weighted by Crippen LogP contribution is 2.51. The average Bonchev–Trinajstić information content (AvgIpc) is 2.97. The number of rotatable bonds is 2. The van der Waals surface area contributed by atoms with Gasteiger partial charge in [0.05, 0.1) is 0 Å². The first-order valence-corrected chi connectivity index (χ1v) is 6.39. The highest BCUT2D eigenvalue weighted by Gasteiger charge is 2.37. The van der Waals surface area contributed by atoms with E-state index in [0.717, 1.165) is 11.8 Å². The molecule has 0 saturated heterocycles. The number of benzene rings is 1. The molecule has 1 fully saturated rings. The summed E-state index contributed by atoms with van der Waals surface area (Å²) in [7, 11) is 0. The summed E-state index contributed by atoms with van der Waals surface area (Å²) in [4.78, 5) is 0. The molecule has 0 bridgehead atoms. The van der Waals surface area contributed by atoms with Crippen molar-refractivity contribution in [2.24, 2.45) is 5.92 Å². The zero-order valence-electron chi connectivity index (χ0n) is 9.79. The third-order valence-corrected chi connectivity index (χ3v) is 4.14. The number of fused-ring (bicyclic) bond motifs is 1. The average molecular weight is 200 g/mol. The molecule has 3 rings (SSSR count). The molecule has 0 heteroatoms. The summed E-state index contributed by atoms with van der Waals surface area (Å²) in [6, 6.07) is 6.96. The summed E-state index contributed by atoms with van der Waals surface area (Å²) < 4.78 is 0. The van der Waals surface area contributed by atoms with Gasteiger partial charge in [0.25, 0.3) is 0 Å². The second-order valence-electron chi connectivity index (χ2n) is 5.56. The Bertz CT molecular complexity index is 372. The van der Waals surface area contributed by atoms with Crippen molar-refractivity contribution in [2.75, 3.05) is 0 Å². The predicted octanol–water partition coefficient (Wildman–Crippen LogP) is 4.25. The minimum Gasteiger partial charge on any atom is -0.0617 e. The molecule has 80 valence electrons. The van der Waals surface area contributed by atoms with Gasteiger partial charge in [-0.3, -0.25) is 0 Å². The third-order valence-electron chi connectivity index (χ3n) is 4.14. The van der Waals surface area contributed by atoms with E-state index in [-0.39, 0.29) is 0 Å². The highest BCUT2D eigenvalue weighted by molar-refractivity contribution is 5.44. The van der Waals surface area contributed by atoms with Crippen LogP contribution in [0.3, 0.4) is 0 Å². The number of hydrogen-bond acceptors (Lipinski definition) is 0. The fourth-order valence-corrected chi connectivity index (χ4v) is 3.23. The normalized spacial score (nSPS) is 24.6. The lowest BCUT2D eigenvalue weighted by Gasteiger charge is -2.17. The van der Waals surface area contributed by atoms with Gasteiger partial charge >= 0.3 is 0 Å². The van der Waals surface area contributed by atoms with Crippen molar-refractivity contribution in [3.8, 4) is 0 Å². The summed E-state index contributed by atoms with van der Waals surface area (Å²) >= 11 is 0. The first kappa shape index (κ1) is 9.45. The quantitative estimate of drug-likeness (QED) is 0.669. The van der Waals surface area contributed by atoms with Crippen LogP contribution in [0, 0.1) is 5.92 Å². The van der Waals surface area contributed by atoms with Crippen LogP contribution in [-0.2, 0) is 6.42 Å². The maximum atomic E-state index is 2.35. The molecule has 2 aliphatic carbocycles. The summed E-state index contributed by atoms with van der Waals surface area (Å²) in [5.74, 6) is 2.64. The second kappa shape index (κ2) is 3.37. The van der Waals surface area contributed by atoms with Gasteiger partial charge in [-0.25, -0.2) is 0 Å². The van der Waals surface area contributed by atoms with Crippen LogP contribution in [0.25, 0.3) is 0 Å². The first-order chi connectivity index (χ1) is 7.27. The molecule has 0 heterocycles. The fraction of sp³-hybridized carbons (Fsp3) is 0.600. The van der Waals surface area contributed by atoms with Crippen LogP contribution in [0.2, 0.25) is 0 Å². The molecule has 0 aromatic heterocycles. The monoisotopic (exact) mass is 200 g/mol. The molecule has 1 aromatic carbocycles. The van der Waals surface area contributed by atoms with Crippen molar-refractivity contribution in [2.45, 2.75) is 51.4 Å².